The van der Waals surface area contributed by atoms with Crippen molar-refractivity contribution in [1.82, 2.24) is 0 Å². The number of benzene rings is 17. The number of hydrogen-bond acceptors (Lipinski definition) is 6. The van der Waals surface area contributed by atoms with Crippen molar-refractivity contribution in [2.75, 3.05) is 19.8 Å². The van der Waals surface area contributed by atoms with Crippen LogP contribution in [0.1, 0.15) is 129 Å². The molecule has 0 saturated carbocycles. The van der Waals surface area contributed by atoms with Crippen LogP contribution in [0.2, 0.25) is 0 Å². The lowest BCUT2D eigenvalue weighted by Crippen LogP contribution is -2.33. The second kappa shape index (κ2) is 30.9. The van der Waals surface area contributed by atoms with Crippen LogP contribution in [0.5, 0.6) is 34.5 Å². The van der Waals surface area contributed by atoms with E-state index in [9.17, 15) is 0 Å². The van der Waals surface area contributed by atoms with Crippen molar-refractivity contribution in [3.63, 3.8) is 0 Å². The van der Waals surface area contributed by atoms with Crippen LogP contribution < -0.4 is 28.4 Å². The molecular weight excluding hydrogens is 1560 g/mol. The highest BCUT2D eigenvalue weighted by atomic mass is 16.5. The van der Waals surface area contributed by atoms with Gasteiger partial charge in [0.25, 0.3) is 0 Å². The number of rotatable bonds is 12. The average Bonchev–Trinajstić information content (AvgIpc) is 1.53. The Labute approximate surface area is 747 Å². The monoisotopic (exact) mass is 1650 g/mol. The van der Waals surface area contributed by atoms with Gasteiger partial charge in [0.1, 0.15) is 54.3 Å². The Morgan fingerprint density at radius 1 is 0.266 bits per heavy atom. The molecule has 3 heterocycles. The Balaban J connectivity index is 0.000000115. The molecule has 24 rings (SSSR count). The largest absolute Gasteiger partial charge is 0.481 e. The second-order valence-corrected chi connectivity index (χ2v) is 34.9. The van der Waals surface area contributed by atoms with E-state index in [4.69, 9.17) is 47.7 Å². The molecule has 17 aromatic rings. The average molecular weight is 1650 g/mol. The van der Waals surface area contributed by atoms with E-state index in [0.717, 1.165) is 57.6 Å². The third kappa shape index (κ3) is 12.6. The van der Waals surface area contributed by atoms with Gasteiger partial charge in [0.05, 0.1) is 5.41 Å². The van der Waals surface area contributed by atoms with Crippen LogP contribution in [0, 0.1) is 37.0 Å². The molecule has 0 radical (unpaired) electrons. The summed E-state index contributed by atoms with van der Waals surface area (Å²) in [6, 6.07) is 128. The fourth-order valence-electron chi connectivity index (χ4n) is 21.3. The van der Waals surface area contributed by atoms with Crippen molar-refractivity contribution in [3.8, 4) is 116 Å². The lowest BCUT2D eigenvalue weighted by atomic mass is 9.67. The van der Waals surface area contributed by atoms with Gasteiger partial charge in [0, 0.05) is 55.5 Å². The summed E-state index contributed by atoms with van der Waals surface area (Å²) in [4.78, 5) is 0. The number of terminal acetylenes is 3. The molecule has 3 unspecified atom stereocenters. The van der Waals surface area contributed by atoms with Crippen molar-refractivity contribution < 1.29 is 28.4 Å². The molecule has 0 aromatic heterocycles. The van der Waals surface area contributed by atoms with Gasteiger partial charge in [-0.25, -0.2) is 0 Å². The summed E-state index contributed by atoms with van der Waals surface area (Å²) >= 11 is 0. The van der Waals surface area contributed by atoms with Crippen LogP contribution in [0.3, 0.4) is 0 Å². The molecule has 6 heteroatoms. The molecule has 7 aliphatic rings. The molecule has 3 aliphatic heterocycles. The fourth-order valence-corrected chi connectivity index (χ4v) is 21.3. The first-order valence-corrected chi connectivity index (χ1v) is 43.8. The Morgan fingerprint density at radius 3 is 0.977 bits per heavy atom. The van der Waals surface area contributed by atoms with Crippen LogP contribution in [0.4, 0.5) is 0 Å². The van der Waals surface area contributed by atoms with Crippen LogP contribution in [0.25, 0.3) is 93.5 Å². The van der Waals surface area contributed by atoms with Crippen LogP contribution in [-0.4, -0.2) is 19.8 Å². The van der Waals surface area contributed by atoms with Crippen molar-refractivity contribution >= 4 is 49.0 Å². The molecule has 3 atom stereocenters. The van der Waals surface area contributed by atoms with Crippen molar-refractivity contribution in [2.24, 2.45) is 0 Å². The highest BCUT2D eigenvalue weighted by Gasteiger charge is 2.52. The van der Waals surface area contributed by atoms with Crippen molar-refractivity contribution in [2.45, 2.75) is 68.7 Å². The standard InChI is InChI=1S/C48H32O2.C38H30O2.C36H26O2/c1-3-26-49-36-23-20-34(21-24-36)48(43-18-10-7-14-37(43)38-15-8-11-19-44(38)48)35-22-25-46-40(29-35)31(2)30-47(50-46)42-17-9-6-16-39(42)41-27-32-12-4-5-13-33(32)28-45(41)47;1-5-20-39-30-17-14-28(15-18-30)37(3,4)29-16-19-36-32(23-29)25(2)24-38(40-36)34-13-9-8-12-31(34)33-21-26-10-6-7-11-27(26)22-35(33)38;1-3-18-37-29-15-12-25(13-16-29)19-26-14-17-35-31(20-26)24(2)23-36(38-35)33-11-7-6-10-30(33)32-21-27-8-4-5-9-28(27)22-34(32)36/h1,4-25,27-30H,26H2,2H3;1,6-19,21-24H,20H2,2-4H3;1,4-17,20-23H,18-19H2,2H3. The summed E-state index contributed by atoms with van der Waals surface area (Å²) in [6.45, 7) is 11.9. The van der Waals surface area contributed by atoms with Crippen LogP contribution >= 0.6 is 0 Å². The lowest BCUT2D eigenvalue weighted by molar-refractivity contribution is 0.165. The molecule has 3 spiro atoms. The summed E-state index contributed by atoms with van der Waals surface area (Å²) in [5.74, 6) is 12.6. The molecular formula is C122H88O6. The predicted octanol–water partition coefficient (Wildman–Crippen LogP) is 28.0. The highest BCUT2D eigenvalue weighted by molar-refractivity contribution is 5.99. The van der Waals surface area contributed by atoms with Gasteiger partial charge in [-0.15, -0.1) is 19.3 Å². The van der Waals surface area contributed by atoms with Gasteiger partial charge in [-0.3, -0.25) is 0 Å². The van der Waals surface area contributed by atoms with Gasteiger partial charge in [-0.05, 0) is 293 Å². The maximum atomic E-state index is 7.29. The number of hydrogen-bond donors (Lipinski definition) is 0. The zero-order valence-electron chi connectivity index (χ0n) is 71.8. The summed E-state index contributed by atoms with van der Waals surface area (Å²) in [5.41, 5.74) is 31.2. The summed E-state index contributed by atoms with van der Waals surface area (Å²) in [7, 11) is 0. The van der Waals surface area contributed by atoms with Gasteiger partial charge < -0.3 is 28.4 Å². The maximum absolute atomic E-state index is 7.29. The fraction of sp³-hybridized carbons (Fsp3) is 0.115. The van der Waals surface area contributed by atoms with Crippen molar-refractivity contribution in [1.29, 1.82) is 0 Å². The summed E-state index contributed by atoms with van der Waals surface area (Å²) in [5, 5.41) is 7.39. The van der Waals surface area contributed by atoms with Gasteiger partial charge in [0.2, 0.25) is 0 Å². The van der Waals surface area contributed by atoms with E-state index in [0.29, 0.717) is 0 Å². The smallest absolute Gasteiger partial charge is 0.179 e. The van der Waals surface area contributed by atoms with E-state index >= 15 is 0 Å². The lowest BCUT2D eigenvalue weighted by Gasteiger charge is -2.38. The molecule has 17 aromatic carbocycles. The van der Waals surface area contributed by atoms with Crippen LogP contribution in [0.15, 0.2) is 376 Å². The van der Waals surface area contributed by atoms with Gasteiger partial charge >= 0.3 is 0 Å². The minimum atomic E-state index is -0.715. The molecule has 6 nitrogen and oxygen atoms in total. The second-order valence-electron chi connectivity index (χ2n) is 34.9. The van der Waals surface area contributed by atoms with Gasteiger partial charge in [0.15, 0.2) is 16.8 Å². The maximum Gasteiger partial charge on any atom is 0.179 e. The minimum Gasteiger partial charge on any atom is -0.481 e. The number of ether oxygens (including phenoxy) is 6. The van der Waals surface area contributed by atoms with Crippen molar-refractivity contribution in [3.05, 3.63) is 471 Å². The molecule has 612 valence electrons. The van der Waals surface area contributed by atoms with E-state index in [1.165, 1.54) is 171 Å². The molecule has 4 aliphatic carbocycles. The van der Waals surface area contributed by atoms with E-state index in [-0.39, 0.29) is 25.2 Å². The molecule has 0 N–H and O–H groups in total. The third-order valence-electron chi connectivity index (χ3n) is 27.3. The quantitative estimate of drug-likeness (QED) is 0.114. The topological polar surface area (TPSA) is 55.4 Å². The van der Waals surface area contributed by atoms with E-state index in [1.54, 1.807) is 0 Å². The van der Waals surface area contributed by atoms with Gasteiger partial charge in [-0.2, -0.15) is 0 Å². The molecule has 0 fully saturated rings. The first-order chi connectivity index (χ1) is 62.7. The zero-order valence-corrected chi connectivity index (χ0v) is 71.8. The molecule has 0 saturated heterocycles. The third-order valence-corrected chi connectivity index (χ3v) is 27.3. The minimum absolute atomic E-state index is 0.208. The Hall–Kier alpha value is -15.8. The van der Waals surface area contributed by atoms with E-state index in [2.05, 4.69) is 392 Å². The van der Waals surface area contributed by atoms with Crippen LogP contribution in [-0.2, 0) is 34.1 Å². The molecule has 128 heavy (non-hydrogen) atoms. The Kier molecular flexibility index (Phi) is 18.9. The summed E-state index contributed by atoms with van der Waals surface area (Å²) in [6.07, 6.45) is 23.9. The Bertz CT molecular complexity index is 7640. The predicted molar refractivity (Wildman–Crippen MR) is 521 cm³/mol. The summed E-state index contributed by atoms with van der Waals surface area (Å²) < 4.78 is 38.2. The molecule has 0 bridgehead atoms. The van der Waals surface area contributed by atoms with E-state index in [1.807, 2.05) is 36.4 Å². The normalized spacial score (nSPS) is 16.9. The zero-order chi connectivity index (χ0) is 86.6. The number of allylic oxidation sites excluding steroid dienone is 3. The SMILES string of the molecule is C#CCOc1ccc(C(C)(C)c2ccc3c(c2)C(C)=CC2(O3)c3ccccc3-c3cc4ccccc4cc32)cc1.C#CCOc1ccc(C2(c3ccc4c(c3)C(C)=CC3(O4)c4ccccc4-c4cc5ccccc5cc43)c3ccccc3-c3ccccc32)cc1.C#CCOc1ccc(Cc2ccc3c(c2)C(C)=CC2(O3)c3ccccc3-c3cc4ccccc4cc32)cc1. The Morgan fingerprint density at radius 2 is 0.570 bits per heavy atom. The van der Waals surface area contributed by atoms with E-state index < -0.39 is 22.2 Å². The number of fused-ring (bicyclic) bond motifs is 24. The highest BCUT2D eigenvalue weighted by Crippen LogP contribution is 2.62. The molecule has 0 amide bonds. The first kappa shape index (κ1) is 78.2. The first-order valence-electron chi connectivity index (χ1n) is 43.8. The van der Waals surface area contributed by atoms with Gasteiger partial charge in [-0.1, -0.05) is 280 Å².